The maximum Gasteiger partial charge on any atom is 0.223 e. The van der Waals surface area contributed by atoms with Gasteiger partial charge < -0.3 is 15.7 Å². The van der Waals surface area contributed by atoms with Crippen molar-refractivity contribution in [3.05, 3.63) is 34.9 Å². The third-order valence-electron chi connectivity index (χ3n) is 4.10. The molecule has 1 atom stereocenters. The highest BCUT2D eigenvalue weighted by atomic mass is 35.5. The summed E-state index contributed by atoms with van der Waals surface area (Å²) in [5.41, 5.74) is 0.660. The average Bonchev–Trinajstić information content (AvgIpc) is 3.07. The molecular weight excluding hydrogens is 316 g/mol. The van der Waals surface area contributed by atoms with Gasteiger partial charge in [0.2, 0.25) is 11.8 Å². The molecule has 5 nitrogen and oxygen atoms in total. The fraction of sp³-hybridized carbons (Fsp3) is 0.529. The molecule has 0 heterocycles. The van der Waals surface area contributed by atoms with Gasteiger partial charge in [0.15, 0.2) is 0 Å². The van der Waals surface area contributed by atoms with E-state index in [0.717, 1.165) is 25.7 Å². The minimum Gasteiger partial charge on any atom is -0.387 e. The van der Waals surface area contributed by atoms with E-state index in [-0.39, 0.29) is 30.7 Å². The van der Waals surface area contributed by atoms with E-state index in [4.69, 9.17) is 11.6 Å². The molecule has 1 fully saturated rings. The van der Waals surface area contributed by atoms with E-state index in [2.05, 4.69) is 10.6 Å². The molecule has 1 aromatic rings. The Labute approximate surface area is 141 Å². The lowest BCUT2D eigenvalue weighted by Gasteiger charge is -2.13. The van der Waals surface area contributed by atoms with E-state index < -0.39 is 6.10 Å². The van der Waals surface area contributed by atoms with Crippen LogP contribution in [0.2, 0.25) is 5.02 Å². The minimum absolute atomic E-state index is 0.0502. The summed E-state index contributed by atoms with van der Waals surface area (Å²) in [7, 11) is 0. The first-order chi connectivity index (χ1) is 11.1. The van der Waals surface area contributed by atoms with Gasteiger partial charge in [-0.3, -0.25) is 9.59 Å². The molecule has 2 amide bonds. The highest BCUT2D eigenvalue weighted by Crippen LogP contribution is 2.24. The zero-order chi connectivity index (χ0) is 16.7. The number of hydrogen-bond donors (Lipinski definition) is 3. The summed E-state index contributed by atoms with van der Waals surface area (Å²) in [6, 6.07) is 6.90. The lowest BCUT2D eigenvalue weighted by Crippen LogP contribution is -2.34. The van der Waals surface area contributed by atoms with Crippen molar-refractivity contribution in [1.82, 2.24) is 10.6 Å². The van der Waals surface area contributed by atoms with Gasteiger partial charge in [-0.1, -0.05) is 36.6 Å². The van der Waals surface area contributed by atoms with Crippen LogP contribution < -0.4 is 10.6 Å². The van der Waals surface area contributed by atoms with E-state index >= 15 is 0 Å². The summed E-state index contributed by atoms with van der Waals surface area (Å²) in [6.07, 6.45) is 3.53. The Morgan fingerprint density at radius 1 is 1.26 bits per heavy atom. The highest BCUT2D eigenvalue weighted by molar-refractivity contribution is 6.30. The first kappa shape index (κ1) is 17.8. The molecule has 3 N–H and O–H groups in total. The lowest BCUT2D eigenvalue weighted by atomic mass is 10.1. The molecule has 23 heavy (non-hydrogen) atoms. The smallest absolute Gasteiger partial charge is 0.223 e. The maximum absolute atomic E-state index is 11.8. The van der Waals surface area contributed by atoms with Gasteiger partial charge in [-0.15, -0.1) is 0 Å². The van der Waals surface area contributed by atoms with Crippen LogP contribution in [0.3, 0.4) is 0 Å². The fourth-order valence-electron chi connectivity index (χ4n) is 2.76. The third kappa shape index (κ3) is 5.84. The standard InChI is InChI=1S/C17H23ClN2O3/c18-14-7-3-6-13(10-14)15(21)11-20-16(22)8-9-19-17(23)12-4-1-2-5-12/h3,6-7,10,12,15,21H,1-2,4-5,8-9,11H2,(H,19,23)(H,20,22)/t15-/m1/s1. The van der Waals surface area contributed by atoms with Gasteiger partial charge in [0.05, 0.1) is 6.10 Å². The van der Waals surface area contributed by atoms with E-state index in [0.29, 0.717) is 17.1 Å². The van der Waals surface area contributed by atoms with Crippen molar-refractivity contribution < 1.29 is 14.7 Å². The Morgan fingerprint density at radius 2 is 2.00 bits per heavy atom. The maximum atomic E-state index is 11.8. The number of amides is 2. The molecule has 0 radical (unpaired) electrons. The van der Waals surface area contributed by atoms with Gasteiger partial charge in [0, 0.05) is 30.5 Å². The summed E-state index contributed by atoms with van der Waals surface area (Å²) in [4.78, 5) is 23.6. The predicted octanol–water partition coefficient (Wildman–Crippen LogP) is 2.19. The number of halogens is 1. The molecule has 1 aliphatic carbocycles. The summed E-state index contributed by atoms with van der Waals surface area (Å²) < 4.78 is 0. The Hall–Kier alpha value is -1.59. The van der Waals surface area contributed by atoms with Gasteiger partial charge in [-0.2, -0.15) is 0 Å². The second-order valence-electron chi connectivity index (χ2n) is 5.90. The van der Waals surface area contributed by atoms with Crippen molar-refractivity contribution >= 4 is 23.4 Å². The zero-order valence-electron chi connectivity index (χ0n) is 13.1. The Bertz CT molecular complexity index is 544. The number of nitrogens with one attached hydrogen (secondary N) is 2. The average molecular weight is 339 g/mol. The molecule has 1 aliphatic rings. The molecule has 1 saturated carbocycles. The lowest BCUT2D eigenvalue weighted by molar-refractivity contribution is -0.125. The number of rotatable bonds is 7. The number of aliphatic hydroxyl groups excluding tert-OH is 1. The molecule has 0 aromatic heterocycles. The molecule has 126 valence electrons. The number of carbonyl (C=O) groups is 2. The summed E-state index contributed by atoms with van der Waals surface area (Å²) in [5, 5.41) is 16.0. The van der Waals surface area contributed by atoms with Crippen LogP contribution in [0.4, 0.5) is 0 Å². The van der Waals surface area contributed by atoms with Gasteiger partial charge in [0.1, 0.15) is 0 Å². The van der Waals surface area contributed by atoms with Crippen LogP contribution in [-0.2, 0) is 9.59 Å². The second kappa shape index (κ2) is 8.89. The van der Waals surface area contributed by atoms with Gasteiger partial charge >= 0.3 is 0 Å². The van der Waals surface area contributed by atoms with E-state index in [9.17, 15) is 14.7 Å². The second-order valence-corrected chi connectivity index (χ2v) is 6.33. The van der Waals surface area contributed by atoms with Crippen molar-refractivity contribution in [3.8, 4) is 0 Å². The minimum atomic E-state index is -0.800. The van der Waals surface area contributed by atoms with Crippen molar-refractivity contribution in [3.63, 3.8) is 0 Å². The number of aliphatic hydroxyl groups is 1. The van der Waals surface area contributed by atoms with Crippen LogP contribution in [0, 0.1) is 5.92 Å². The molecule has 0 bridgehead atoms. The van der Waals surface area contributed by atoms with E-state index in [1.54, 1.807) is 24.3 Å². The summed E-state index contributed by atoms with van der Waals surface area (Å²) in [6.45, 7) is 0.449. The molecule has 0 unspecified atom stereocenters. The zero-order valence-corrected chi connectivity index (χ0v) is 13.8. The topological polar surface area (TPSA) is 78.4 Å². The Morgan fingerprint density at radius 3 is 2.70 bits per heavy atom. The van der Waals surface area contributed by atoms with Crippen LogP contribution in [0.1, 0.15) is 43.8 Å². The van der Waals surface area contributed by atoms with Crippen LogP contribution in [0.25, 0.3) is 0 Å². The molecule has 1 aromatic carbocycles. The monoisotopic (exact) mass is 338 g/mol. The van der Waals surface area contributed by atoms with Crippen LogP contribution in [0.15, 0.2) is 24.3 Å². The number of carbonyl (C=O) groups excluding carboxylic acids is 2. The first-order valence-electron chi connectivity index (χ1n) is 8.04. The van der Waals surface area contributed by atoms with E-state index in [1.807, 2.05) is 0 Å². The summed E-state index contributed by atoms with van der Waals surface area (Å²) in [5.74, 6) is -0.0326. The van der Waals surface area contributed by atoms with Crippen molar-refractivity contribution in [2.75, 3.05) is 13.1 Å². The Kier molecular flexibility index (Phi) is 6.86. The van der Waals surface area contributed by atoms with E-state index in [1.165, 1.54) is 0 Å². The SMILES string of the molecule is O=C(CCNC(=O)C1CCCC1)NC[C@@H](O)c1cccc(Cl)c1. The molecule has 6 heteroatoms. The fourth-order valence-corrected chi connectivity index (χ4v) is 2.96. The predicted molar refractivity (Wildman–Crippen MR) is 89.0 cm³/mol. The van der Waals surface area contributed by atoms with Crippen molar-refractivity contribution in [2.45, 2.75) is 38.2 Å². The Balaban J connectivity index is 1.63. The van der Waals surface area contributed by atoms with Gasteiger partial charge in [-0.25, -0.2) is 0 Å². The van der Waals surface area contributed by atoms with Crippen molar-refractivity contribution in [1.29, 1.82) is 0 Å². The van der Waals surface area contributed by atoms with Gasteiger partial charge in [0.25, 0.3) is 0 Å². The molecule has 0 saturated heterocycles. The first-order valence-corrected chi connectivity index (χ1v) is 8.42. The van der Waals surface area contributed by atoms with Gasteiger partial charge in [-0.05, 0) is 30.5 Å². The molecule has 0 spiro atoms. The quantitative estimate of drug-likeness (QED) is 0.713. The number of benzene rings is 1. The largest absolute Gasteiger partial charge is 0.387 e. The van der Waals surface area contributed by atoms with Crippen LogP contribution >= 0.6 is 11.6 Å². The normalized spacial score (nSPS) is 16.1. The molecule has 2 rings (SSSR count). The highest BCUT2D eigenvalue weighted by Gasteiger charge is 2.22. The van der Waals surface area contributed by atoms with Crippen LogP contribution in [-0.4, -0.2) is 30.0 Å². The number of hydrogen-bond acceptors (Lipinski definition) is 3. The molecular formula is C17H23ClN2O3. The van der Waals surface area contributed by atoms with Crippen molar-refractivity contribution in [2.24, 2.45) is 5.92 Å². The summed E-state index contributed by atoms with van der Waals surface area (Å²) >= 11 is 5.86. The van der Waals surface area contributed by atoms with Crippen LogP contribution in [0.5, 0.6) is 0 Å². The third-order valence-corrected chi connectivity index (χ3v) is 4.34. The molecule has 0 aliphatic heterocycles.